The van der Waals surface area contributed by atoms with Crippen LogP contribution in [0.15, 0.2) is 33.8 Å². The summed E-state index contributed by atoms with van der Waals surface area (Å²) in [5.41, 5.74) is 2.71. The van der Waals surface area contributed by atoms with E-state index in [0.717, 1.165) is 38.3 Å². The summed E-state index contributed by atoms with van der Waals surface area (Å²) < 4.78 is 5.12. The van der Waals surface area contributed by atoms with Gasteiger partial charge in [-0.1, -0.05) is 50.2 Å². The molecule has 0 atom stereocenters. The number of nitrogens with zero attached hydrogens (tertiary/aromatic N) is 3. The largest absolute Gasteiger partial charge is 0.356 e. The summed E-state index contributed by atoms with van der Waals surface area (Å²) in [6, 6.07) is 8.87. The van der Waals surface area contributed by atoms with Crippen molar-refractivity contribution in [1.82, 2.24) is 20.8 Å². The molecular formula is C20H31N5O. The van der Waals surface area contributed by atoms with Crippen LogP contribution >= 0.6 is 0 Å². The Balaban J connectivity index is 1.77. The summed E-state index contributed by atoms with van der Waals surface area (Å²) in [6.45, 7) is 10.1. The molecule has 2 N–H and O–H groups in total. The molecule has 142 valence electrons. The maximum atomic E-state index is 5.12. The van der Waals surface area contributed by atoms with E-state index in [4.69, 9.17) is 4.52 Å². The van der Waals surface area contributed by atoms with Crippen LogP contribution in [0.3, 0.4) is 0 Å². The Morgan fingerprint density at radius 1 is 1.19 bits per heavy atom. The normalized spacial score (nSPS) is 12.3. The lowest BCUT2D eigenvalue weighted by Crippen LogP contribution is -2.43. The molecule has 2 aromatic rings. The van der Waals surface area contributed by atoms with Gasteiger partial charge in [-0.2, -0.15) is 4.98 Å². The van der Waals surface area contributed by atoms with Gasteiger partial charge in [-0.3, -0.25) is 4.99 Å². The van der Waals surface area contributed by atoms with Crippen LogP contribution in [0.1, 0.15) is 50.0 Å². The molecule has 0 radical (unpaired) electrons. The Kier molecular flexibility index (Phi) is 7.18. The summed E-state index contributed by atoms with van der Waals surface area (Å²) >= 11 is 0. The van der Waals surface area contributed by atoms with Gasteiger partial charge in [0.2, 0.25) is 5.89 Å². The molecule has 0 saturated carbocycles. The summed E-state index contributed by atoms with van der Waals surface area (Å²) in [4.78, 5) is 8.51. The summed E-state index contributed by atoms with van der Waals surface area (Å²) in [5.74, 6) is 2.17. The molecule has 1 heterocycles. The Labute approximate surface area is 156 Å². The fourth-order valence-corrected chi connectivity index (χ4v) is 2.71. The monoisotopic (exact) mass is 357 g/mol. The average molecular weight is 358 g/mol. The van der Waals surface area contributed by atoms with Crippen LogP contribution in [0.5, 0.6) is 0 Å². The zero-order valence-electron chi connectivity index (χ0n) is 16.6. The Bertz CT molecular complexity index is 703. The SMILES string of the molecule is CCc1ccc(C(C)(C)CNC(=NC)NCCCc2nc(C)no2)cc1. The van der Waals surface area contributed by atoms with E-state index in [1.54, 1.807) is 7.05 Å². The zero-order chi connectivity index (χ0) is 19.0. The second-order valence-electron chi connectivity index (χ2n) is 7.13. The fourth-order valence-electron chi connectivity index (χ4n) is 2.71. The number of aliphatic imine (C=N–C) groups is 1. The summed E-state index contributed by atoms with van der Waals surface area (Å²) in [7, 11) is 1.79. The van der Waals surface area contributed by atoms with Crippen molar-refractivity contribution in [2.75, 3.05) is 20.1 Å². The molecule has 0 unspecified atom stereocenters. The van der Waals surface area contributed by atoms with Crippen molar-refractivity contribution in [2.45, 2.75) is 52.4 Å². The summed E-state index contributed by atoms with van der Waals surface area (Å²) in [6.07, 6.45) is 2.74. The zero-order valence-corrected chi connectivity index (χ0v) is 16.6. The minimum Gasteiger partial charge on any atom is -0.356 e. The van der Waals surface area contributed by atoms with Crippen LogP contribution in [-0.2, 0) is 18.3 Å². The van der Waals surface area contributed by atoms with Gasteiger partial charge in [-0.05, 0) is 30.9 Å². The van der Waals surface area contributed by atoms with Gasteiger partial charge in [0, 0.05) is 32.0 Å². The van der Waals surface area contributed by atoms with E-state index < -0.39 is 0 Å². The third-order valence-corrected chi connectivity index (χ3v) is 4.49. The number of guanidine groups is 1. The third kappa shape index (κ3) is 5.86. The smallest absolute Gasteiger partial charge is 0.226 e. The maximum Gasteiger partial charge on any atom is 0.226 e. The fraction of sp³-hybridized carbons (Fsp3) is 0.550. The molecule has 0 aliphatic carbocycles. The van der Waals surface area contributed by atoms with E-state index >= 15 is 0 Å². The quantitative estimate of drug-likeness (QED) is 0.431. The van der Waals surface area contributed by atoms with E-state index in [0.29, 0.717) is 11.7 Å². The third-order valence-electron chi connectivity index (χ3n) is 4.49. The van der Waals surface area contributed by atoms with E-state index in [-0.39, 0.29) is 5.41 Å². The predicted molar refractivity (Wildman–Crippen MR) is 106 cm³/mol. The maximum absolute atomic E-state index is 5.12. The van der Waals surface area contributed by atoms with Crippen LogP contribution < -0.4 is 10.6 Å². The van der Waals surface area contributed by atoms with Gasteiger partial charge in [0.1, 0.15) is 0 Å². The lowest BCUT2D eigenvalue weighted by molar-refractivity contribution is 0.372. The van der Waals surface area contributed by atoms with E-state index in [2.05, 4.69) is 70.8 Å². The van der Waals surface area contributed by atoms with Crippen LogP contribution in [0.25, 0.3) is 0 Å². The Morgan fingerprint density at radius 2 is 1.92 bits per heavy atom. The predicted octanol–water partition coefficient (Wildman–Crippen LogP) is 3.02. The van der Waals surface area contributed by atoms with Crippen LogP contribution in [0, 0.1) is 6.92 Å². The van der Waals surface area contributed by atoms with Gasteiger partial charge in [0.25, 0.3) is 0 Å². The molecule has 0 aliphatic rings. The van der Waals surface area contributed by atoms with Crippen molar-refractivity contribution in [2.24, 2.45) is 4.99 Å². The van der Waals surface area contributed by atoms with Gasteiger partial charge in [-0.15, -0.1) is 0 Å². The molecule has 0 spiro atoms. The first-order valence-electron chi connectivity index (χ1n) is 9.27. The van der Waals surface area contributed by atoms with Crippen molar-refractivity contribution in [3.63, 3.8) is 0 Å². The number of aryl methyl sites for hydroxylation is 3. The number of benzene rings is 1. The van der Waals surface area contributed by atoms with Gasteiger partial charge in [0.15, 0.2) is 11.8 Å². The van der Waals surface area contributed by atoms with Crippen molar-refractivity contribution < 1.29 is 4.52 Å². The molecule has 1 aromatic heterocycles. The van der Waals surface area contributed by atoms with Crippen molar-refractivity contribution in [3.8, 4) is 0 Å². The number of nitrogens with one attached hydrogen (secondary N) is 2. The molecule has 6 nitrogen and oxygen atoms in total. The second-order valence-corrected chi connectivity index (χ2v) is 7.13. The highest BCUT2D eigenvalue weighted by Gasteiger charge is 2.20. The molecule has 0 aliphatic heterocycles. The highest BCUT2D eigenvalue weighted by Crippen LogP contribution is 2.22. The first kappa shape index (κ1) is 19.9. The lowest BCUT2D eigenvalue weighted by atomic mass is 9.84. The number of aromatic nitrogens is 2. The molecule has 6 heteroatoms. The molecule has 0 fully saturated rings. The van der Waals surface area contributed by atoms with E-state index in [1.807, 2.05) is 6.92 Å². The van der Waals surface area contributed by atoms with E-state index in [1.165, 1.54) is 11.1 Å². The van der Waals surface area contributed by atoms with Crippen molar-refractivity contribution >= 4 is 5.96 Å². The standard InChI is InChI=1S/C20H31N5O/c1-6-16-9-11-17(12-10-16)20(3,4)14-23-19(21-5)22-13-7-8-18-24-15(2)25-26-18/h9-12H,6-8,13-14H2,1-5H3,(H2,21,22,23). The minimum absolute atomic E-state index is 0.0190. The first-order valence-corrected chi connectivity index (χ1v) is 9.27. The summed E-state index contributed by atoms with van der Waals surface area (Å²) in [5, 5.41) is 10.6. The van der Waals surface area contributed by atoms with Crippen LogP contribution in [0.4, 0.5) is 0 Å². The van der Waals surface area contributed by atoms with Gasteiger partial charge in [0.05, 0.1) is 0 Å². The Hall–Kier alpha value is -2.37. The first-order chi connectivity index (χ1) is 12.4. The van der Waals surface area contributed by atoms with Gasteiger partial charge < -0.3 is 15.2 Å². The Morgan fingerprint density at radius 3 is 2.50 bits per heavy atom. The average Bonchev–Trinajstić information content (AvgIpc) is 3.06. The molecule has 0 bridgehead atoms. The van der Waals surface area contributed by atoms with Crippen LogP contribution in [-0.4, -0.2) is 36.2 Å². The highest BCUT2D eigenvalue weighted by atomic mass is 16.5. The van der Waals surface area contributed by atoms with Crippen LogP contribution in [0.2, 0.25) is 0 Å². The topological polar surface area (TPSA) is 75.3 Å². The highest BCUT2D eigenvalue weighted by molar-refractivity contribution is 5.79. The molecule has 0 amide bonds. The minimum atomic E-state index is 0.0190. The molecule has 1 aromatic carbocycles. The van der Waals surface area contributed by atoms with Gasteiger partial charge >= 0.3 is 0 Å². The molecule has 2 rings (SSSR count). The number of hydrogen-bond acceptors (Lipinski definition) is 4. The molecule has 0 saturated heterocycles. The second kappa shape index (κ2) is 9.36. The van der Waals surface area contributed by atoms with Gasteiger partial charge in [-0.25, -0.2) is 0 Å². The van der Waals surface area contributed by atoms with E-state index in [9.17, 15) is 0 Å². The number of hydrogen-bond donors (Lipinski definition) is 2. The van der Waals surface area contributed by atoms with Crippen molar-refractivity contribution in [1.29, 1.82) is 0 Å². The lowest BCUT2D eigenvalue weighted by Gasteiger charge is -2.27. The molecular weight excluding hydrogens is 326 g/mol. The molecule has 26 heavy (non-hydrogen) atoms. The van der Waals surface area contributed by atoms with Crippen molar-refractivity contribution in [3.05, 3.63) is 47.1 Å². The number of rotatable bonds is 8.